The maximum absolute atomic E-state index is 11.9. The van der Waals surface area contributed by atoms with Crippen LogP contribution in [-0.2, 0) is 7.05 Å². The van der Waals surface area contributed by atoms with Crippen molar-refractivity contribution in [2.45, 2.75) is 0 Å². The van der Waals surface area contributed by atoms with Crippen molar-refractivity contribution >= 4 is 23.5 Å². The van der Waals surface area contributed by atoms with Crippen LogP contribution in [0.25, 0.3) is 0 Å². The van der Waals surface area contributed by atoms with Crippen LogP contribution in [0.4, 0.5) is 5.95 Å². The van der Waals surface area contributed by atoms with Gasteiger partial charge in [-0.1, -0.05) is 11.6 Å². The lowest BCUT2D eigenvalue weighted by atomic mass is 10.4. The highest BCUT2D eigenvalue weighted by molar-refractivity contribution is 6.29. The molecule has 0 unspecified atom stereocenters. The zero-order valence-electron chi connectivity index (χ0n) is 9.72. The molecular formula is C10H10ClN5O2. The van der Waals surface area contributed by atoms with E-state index in [1.165, 1.54) is 24.1 Å². The number of nitrogens with zero attached hydrogens (tertiary/aromatic N) is 4. The summed E-state index contributed by atoms with van der Waals surface area (Å²) in [6, 6.07) is 3.03. The van der Waals surface area contributed by atoms with Crippen molar-refractivity contribution in [3.05, 3.63) is 29.2 Å². The highest BCUT2D eigenvalue weighted by atomic mass is 35.5. The second-order valence-corrected chi connectivity index (χ2v) is 3.74. The first kappa shape index (κ1) is 12.3. The van der Waals surface area contributed by atoms with Crippen LogP contribution in [-0.4, -0.2) is 32.8 Å². The molecule has 2 heterocycles. The van der Waals surface area contributed by atoms with Crippen molar-refractivity contribution in [2.24, 2.45) is 7.05 Å². The summed E-state index contributed by atoms with van der Waals surface area (Å²) in [6.45, 7) is 0. The van der Waals surface area contributed by atoms with E-state index in [4.69, 9.17) is 16.3 Å². The minimum Gasteiger partial charge on any atom is -0.481 e. The van der Waals surface area contributed by atoms with Crippen LogP contribution in [0.1, 0.15) is 10.5 Å². The Labute approximate surface area is 108 Å². The van der Waals surface area contributed by atoms with Crippen molar-refractivity contribution in [3.63, 3.8) is 0 Å². The number of methoxy groups -OCH3 is 1. The van der Waals surface area contributed by atoms with Gasteiger partial charge in [0.05, 0.1) is 7.11 Å². The van der Waals surface area contributed by atoms with E-state index in [0.717, 1.165) is 0 Å². The first-order valence-electron chi connectivity index (χ1n) is 4.98. The molecule has 1 N–H and O–H groups in total. The van der Waals surface area contributed by atoms with Crippen molar-refractivity contribution in [3.8, 4) is 5.88 Å². The van der Waals surface area contributed by atoms with Crippen LogP contribution < -0.4 is 10.1 Å². The molecule has 94 valence electrons. The summed E-state index contributed by atoms with van der Waals surface area (Å²) in [5, 5.41) is 6.59. The molecule has 1 amide bonds. The summed E-state index contributed by atoms with van der Waals surface area (Å²) in [5.41, 5.74) is 0.387. The topological polar surface area (TPSA) is 81.9 Å². The quantitative estimate of drug-likeness (QED) is 0.843. The lowest BCUT2D eigenvalue weighted by Crippen LogP contribution is -2.17. The third-order valence-corrected chi connectivity index (χ3v) is 2.35. The predicted octanol–water partition coefficient (Wildman–Crippen LogP) is 1.12. The number of aromatic nitrogens is 4. The van der Waals surface area contributed by atoms with E-state index in [1.54, 1.807) is 13.1 Å². The number of aryl methyl sites for hydroxylation is 1. The van der Waals surface area contributed by atoms with E-state index in [-0.39, 0.29) is 22.9 Å². The van der Waals surface area contributed by atoms with E-state index in [1.807, 2.05) is 0 Å². The number of carbonyl (C=O) groups is 1. The fraction of sp³-hybridized carbons (Fsp3) is 0.200. The van der Waals surface area contributed by atoms with Crippen molar-refractivity contribution in [2.75, 3.05) is 12.4 Å². The number of hydrogen-bond donors (Lipinski definition) is 1. The SMILES string of the molecule is COc1cc(Cl)nc(NC(=O)c2ccnn2C)n1. The van der Waals surface area contributed by atoms with Gasteiger partial charge in [0.25, 0.3) is 5.91 Å². The first-order chi connectivity index (χ1) is 8.60. The molecule has 0 spiro atoms. The van der Waals surface area contributed by atoms with E-state index in [9.17, 15) is 4.79 Å². The monoisotopic (exact) mass is 267 g/mol. The molecule has 0 atom stereocenters. The average molecular weight is 268 g/mol. The maximum atomic E-state index is 11.9. The predicted molar refractivity (Wildman–Crippen MR) is 64.8 cm³/mol. The summed E-state index contributed by atoms with van der Waals surface area (Å²) < 4.78 is 6.37. The molecule has 0 saturated heterocycles. The fourth-order valence-electron chi connectivity index (χ4n) is 1.32. The van der Waals surface area contributed by atoms with E-state index in [2.05, 4.69) is 20.4 Å². The lowest BCUT2D eigenvalue weighted by Gasteiger charge is -2.05. The summed E-state index contributed by atoms with van der Waals surface area (Å²) in [4.78, 5) is 19.7. The van der Waals surface area contributed by atoms with Gasteiger partial charge >= 0.3 is 0 Å². The second-order valence-electron chi connectivity index (χ2n) is 3.35. The highest BCUT2D eigenvalue weighted by Gasteiger charge is 2.12. The third kappa shape index (κ3) is 2.57. The molecule has 2 aromatic rings. The molecule has 7 nitrogen and oxygen atoms in total. The van der Waals surface area contributed by atoms with Gasteiger partial charge in [-0.2, -0.15) is 10.1 Å². The average Bonchev–Trinajstić information content (AvgIpc) is 2.74. The van der Waals surface area contributed by atoms with Crippen LogP contribution in [0.5, 0.6) is 5.88 Å². The van der Waals surface area contributed by atoms with Gasteiger partial charge < -0.3 is 4.74 Å². The number of rotatable bonds is 3. The van der Waals surface area contributed by atoms with Gasteiger partial charge in [0.1, 0.15) is 10.8 Å². The standard InChI is InChI=1S/C10H10ClN5O2/c1-16-6(3-4-12-16)9(17)15-10-13-7(11)5-8(14-10)18-2/h3-5H,1-2H3,(H,13,14,15,17). The van der Waals surface area contributed by atoms with Crippen LogP contribution in [0.3, 0.4) is 0 Å². The molecule has 0 saturated carbocycles. The minimum absolute atomic E-state index is 0.0746. The van der Waals surface area contributed by atoms with Crippen LogP contribution in [0, 0.1) is 0 Å². The number of halogens is 1. The smallest absolute Gasteiger partial charge is 0.276 e. The van der Waals surface area contributed by atoms with Crippen LogP contribution in [0.2, 0.25) is 5.15 Å². The Morgan fingerprint density at radius 1 is 1.50 bits per heavy atom. The Hall–Kier alpha value is -2.15. The summed E-state index contributed by atoms with van der Waals surface area (Å²) >= 11 is 5.77. The number of ether oxygens (including phenoxy) is 1. The number of amides is 1. The van der Waals surface area contributed by atoms with Gasteiger partial charge in [0.15, 0.2) is 0 Å². The molecule has 8 heteroatoms. The van der Waals surface area contributed by atoms with Gasteiger partial charge in [-0.3, -0.25) is 14.8 Å². The molecule has 0 radical (unpaired) electrons. The molecule has 0 aliphatic rings. The Kier molecular flexibility index (Phi) is 3.42. The molecule has 0 bridgehead atoms. The Morgan fingerprint density at radius 3 is 2.89 bits per heavy atom. The number of carbonyl (C=O) groups excluding carboxylic acids is 1. The Morgan fingerprint density at radius 2 is 2.28 bits per heavy atom. The normalized spacial score (nSPS) is 10.2. The van der Waals surface area contributed by atoms with Gasteiger partial charge in [-0.05, 0) is 6.07 Å². The zero-order valence-corrected chi connectivity index (χ0v) is 10.5. The first-order valence-corrected chi connectivity index (χ1v) is 5.36. The minimum atomic E-state index is -0.376. The molecule has 0 aliphatic heterocycles. The van der Waals surface area contributed by atoms with E-state index < -0.39 is 0 Å². The molecule has 0 fully saturated rings. The number of hydrogen-bond acceptors (Lipinski definition) is 5. The van der Waals surface area contributed by atoms with Gasteiger partial charge in [0.2, 0.25) is 11.8 Å². The Bertz CT molecular complexity index is 583. The van der Waals surface area contributed by atoms with E-state index >= 15 is 0 Å². The summed E-state index contributed by atoms with van der Waals surface area (Å²) in [5.74, 6) is -0.0276. The fourth-order valence-corrected chi connectivity index (χ4v) is 1.49. The number of nitrogens with one attached hydrogen (secondary N) is 1. The summed E-state index contributed by atoms with van der Waals surface area (Å²) in [7, 11) is 3.11. The second kappa shape index (κ2) is 5.01. The van der Waals surface area contributed by atoms with Gasteiger partial charge in [-0.25, -0.2) is 4.98 Å². The number of anilines is 1. The van der Waals surface area contributed by atoms with Crippen molar-refractivity contribution < 1.29 is 9.53 Å². The van der Waals surface area contributed by atoms with Crippen LogP contribution >= 0.6 is 11.6 Å². The largest absolute Gasteiger partial charge is 0.481 e. The van der Waals surface area contributed by atoms with E-state index in [0.29, 0.717) is 5.69 Å². The maximum Gasteiger partial charge on any atom is 0.276 e. The van der Waals surface area contributed by atoms with Crippen molar-refractivity contribution in [1.82, 2.24) is 19.7 Å². The van der Waals surface area contributed by atoms with Gasteiger partial charge in [0, 0.05) is 19.3 Å². The molecule has 18 heavy (non-hydrogen) atoms. The zero-order chi connectivity index (χ0) is 13.1. The third-order valence-electron chi connectivity index (χ3n) is 2.16. The molecular weight excluding hydrogens is 258 g/mol. The Balaban J connectivity index is 2.22. The lowest BCUT2D eigenvalue weighted by molar-refractivity contribution is 0.101. The highest BCUT2D eigenvalue weighted by Crippen LogP contribution is 2.16. The molecule has 0 aromatic carbocycles. The molecule has 2 rings (SSSR count). The van der Waals surface area contributed by atoms with Crippen LogP contribution in [0.15, 0.2) is 18.3 Å². The van der Waals surface area contributed by atoms with Gasteiger partial charge in [-0.15, -0.1) is 0 Å². The van der Waals surface area contributed by atoms with Crippen molar-refractivity contribution in [1.29, 1.82) is 0 Å². The molecule has 2 aromatic heterocycles. The summed E-state index contributed by atoms with van der Waals surface area (Å²) in [6.07, 6.45) is 1.52. The molecule has 0 aliphatic carbocycles.